The van der Waals surface area contributed by atoms with Crippen LogP contribution < -0.4 is 5.32 Å². The average Bonchev–Trinajstić information content (AvgIpc) is 2.49. The molecule has 23 heavy (non-hydrogen) atoms. The lowest BCUT2D eigenvalue weighted by molar-refractivity contribution is -0.384. The molecule has 6 nitrogen and oxygen atoms in total. The number of aromatic hydroxyl groups is 1. The van der Waals surface area contributed by atoms with Crippen molar-refractivity contribution >= 4 is 17.3 Å². The van der Waals surface area contributed by atoms with Crippen molar-refractivity contribution in [1.29, 1.82) is 0 Å². The van der Waals surface area contributed by atoms with E-state index in [2.05, 4.69) is 5.32 Å². The molecule has 0 fully saturated rings. The number of rotatable bonds is 4. The summed E-state index contributed by atoms with van der Waals surface area (Å²) in [6.07, 6.45) is 0. The van der Waals surface area contributed by atoms with Crippen LogP contribution in [0.4, 0.5) is 11.4 Å². The Morgan fingerprint density at radius 3 is 2.57 bits per heavy atom. The molecule has 2 aromatic carbocycles. The molecule has 2 rings (SSSR count). The molecular formula is C17H18N2O4. The lowest BCUT2D eigenvalue weighted by Crippen LogP contribution is -2.13. The molecule has 120 valence electrons. The third kappa shape index (κ3) is 3.66. The number of phenolic OH excluding ortho intramolecular Hbond substituents is 1. The van der Waals surface area contributed by atoms with Crippen molar-refractivity contribution in [3.05, 3.63) is 63.2 Å². The monoisotopic (exact) mass is 314 g/mol. The summed E-state index contributed by atoms with van der Waals surface area (Å²) in [7, 11) is 0. The standard InChI is InChI=1S/C17H18N2O4/c1-10(2)14-9-15(11(3)7-16(14)20)18-17(21)12-5-4-6-13(8-12)19(22)23/h4-10,20H,1-3H3,(H,18,21). The smallest absolute Gasteiger partial charge is 0.270 e. The fraction of sp³-hybridized carbons (Fsp3) is 0.235. The first-order valence-electron chi connectivity index (χ1n) is 7.19. The minimum atomic E-state index is -0.542. The van der Waals surface area contributed by atoms with Gasteiger partial charge in [0.2, 0.25) is 0 Å². The van der Waals surface area contributed by atoms with Gasteiger partial charge in [-0.3, -0.25) is 14.9 Å². The summed E-state index contributed by atoms with van der Waals surface area (Å²) in [5.41, 5.74) is 2.08. The van der Waals surface area contributed by atoms with Gasteiger partial charge in [0, 0.05) is 23.4 Å². The van der Waals surface area contributed by atoms with Crippen molar-refractivity contribution in [2.75, 3.05) is 5.32 Å². The molecule has 1 amide bonds. The zero-order valence-corrected chi connectivity index (χ0v) is 13.2. The molecule has 0 saturated carbocycles. The third-order valence-electron chi connectivity index (χ3n) is 3.56. The lowest BCUT2D eigenvalue weighted by atomic mass is 9.99. The minimum Gasteiger partial charge on any atom is -0.508 e. The Hall–Kier alpha value is -2.89. The van der Waals surface area contributed by atoms with E-state index in [1.165, 1.54) is 24.3 Å². The van der Waals surface area contributed by atoms with Gasteiger partial charge < -0.3 is 10.4 Å². The van der Waals surface area contributed by atoms with E-state index in [0.717, 1.165) is 5.56 Å². The molecule has 0 aliphatic heterocycles. The molecule has 0 atom stereocenters. The lowest BCUT2D eigenvalue weighted by Gasteiger charge is -2.14. The van der Waals surface area contributed by atoms with Gasteiger partial charge in [-0.1, -0.05) is 19.9 Å². The summed E-state index contributed by atoms with van der Waals surface area (Å²) in [4.78, 5) is 22.6. The van der Waals surface area contributed by atoms with Crippen LogP contribution in [0.2, 0.25) is 0 Å². The number of non-ortho nitro benzene ring substituents is 1. The summed E-state index contributed by atoms with van der Waals surface area (Å²) in [6.45, 7) is 5.65. The molecule has 0 aliphatic carbocycles. The second-order valence-corrected chi connectivity index (χ2v) is 5.64. The van der Waals surface area contributed by atoms with E-state index in [1.54, 1.807) is 19.1 Å². The van der Waals surface area contributed by atoms with Gasteiger partial charge in [-0.15, -0.1) is 0 Å². The molecule has 2 aromatic rings. The molecule has 0 aromatic heterocycles. The van der Waals surface area contributed by atoms with E-state index in [1.807, 2.05) is 13.8 Å². The van der Waals surface area contributed by atoms with Crippen molar-refractivity contribution in [2.45, 2.75) is 26.7 Å². The first-order valence-corrected chi connectivity index (χ1v) is 7.19. The van der Waals surface area contributed by atoms with E-state index >= 15 is 0 Å². The van der Waals surface area contributed by atoms with Crippen LogP contribution in [0.5, 0.6) is 5.75 Å². The fourth-order valence-electron chi connectivity index (χ4n) is 2.26. The maximum absolute atomic E-state index is 12.3. The molecule has 0 bridgehead atoms. The summed E-state index contributed by atoms with van der Waals surface area (Å²) in [5.74, 6) is -0.146. The molecule has 0 heterocycles. The number of anilines is 1. The molecule has 0 saturated heterocycles. The largest absolute Gasteiger partial charge is 0.508 e. The van der Waals surface area contributed by atoms with Crippen LogP contribution in [0.3, 0.4) is 0 Å². The van der Waals surface area contributed by atoms with Crippen molar-refractivity contribution in [3.8, 4) is 5.75 Å². The highest BCUT2D eigenvalue weighted by atomic mass is 16.6. The molecule has 0 unspecified atom stereocenters. The first-order chi connectivity index (χ1) is 10.8. The van der Waals surface area contributed by atoms with Crippen LogP contribution in [0.15, 0.2) is 36.4 Å². The maximum atomic E-state index is 12.3. The number of nitrogens with zero attached hydrogens (tertiary/aromatic N) is 1. The fourth-order valence-corrected chi connectivity index (χ4v) is 2.26. The van der Waals surface area contributed by atoms with Gasteiger partial charge in [-0.05, 0) is 42.2 Å². The van der Waals surface area contributed by atoms with Crippen LogP contribution in [0.1, 0.15) is 41.3 Å². The Bertz CT molecular complexity index is 769. The first kappa shape index (κ1) is 16.5. The van der Waals surface area contributed by atoms with Crippen molar-refractivity contribution < 1.29 is 14.8 Å². The Labute approximate surface area is 133 Å². The molecule has 0 spiro atoms. The predicted octanol–water partition coefficient (Wildman–Crippen LogP) is 3.98. The summed E-state index contributed by atoms with van der Waals surface area (Å²) in [6, 6.07) is 8.87. The maximum Gasteiger partial charge on any atom is 0.270 e. The highest BCUT2D eigenvalue weighted by Gasteiger charge is 2.15. The van der Waals surface area contributed by atoms with E-state index < -0.39 is 10.8 Å². The van der Waals surface area contributed by atoms with E-state index in [9.17, 15) is 20.0 Å². The van der Waals surface area contributed by atoms with Gasteiger partial charge in [0.1, 0.15) is 5.75 Å². The van der Waals surface area contributed by atoms with Crippen LogP contribution in [0, 0.1) is 17.0 Å². The number of amides is 1. The zero-order chi connectivity index (χ0) is 17.1. The molecule has 2 N–H and O–H groups in total. The topological polar surface area (TPSA) is 92.5 Å². The highest BCUT2D eigenvalue weighted by molar-refractivity contribution is 6.05. The number of aryl methyl sites for hydroxylation is 1. The Morgan fingerprint density at radius 1 is 1.26 bits per heavy atom. The van der Waals surface area contributed by atoms with Crippen LogP contribution in [-0.4, -0.2) is 15.9 Å². The van der Waals surface area contributed by atoms with Crippen LogP contribution >= 0.6 is 0 Å². The number of phenols is 1. The quantitative estimate of drug-likeness (QED) is 0.507. The number of benzene rings is 2. The van der Waals surface area contributed by atoms with Crippen molar-refractivity contribution in [2.24, 2.45) is 0 Å². The average molecular weight is 314 g/mol. The minimum absolute atomic E-state index is 0.101. The number of nitro groups is 1. The SMILES string of the molecule is Cc1cc(O)c(C(C)C)cc1NC(=O)c1cccc([N+](=O)[O-])c1. The Balaban J connectivity index is 2.32. The molecule has 6 heteroatoms. The van der Waals surface area contributed by atoms with Gasteiger partial charge in [0.05, 0.1) is 4.92 Å². The highest BCUT2D eigenvalue weighted by Crippen LogP contribution is 2.31. The number of hydrogen-bond acceptors (Lipinski definition) is 4. The molecule has 0 radical (unpaired) electrons. The predicted molar refractivity (Wildman–Crippen MR) is 88.0 cm³/mol. The zero-order valence-electron chi connectivity index (χ0n) is 13.2. The number of nitrogens with one attached hydrogen (secondary N) is 1. The van der Waals surface area contributed by atoms with E-state index in [-0.39, 0.29) is 22.9 Å². The third-order valence-corrected chi connectivity index (χ3v) is 3.56. The number of carbonyl (C=O) groups is 1. The number of nitro benzene ring substituents is 1. The van der Waals surface area contributed by atoms with Crippen LogP contribution in [-0.2, 0) is 0 Å². The van der Waals surface area contributed by atoms with Crippen LogP contribution in [0.25, 0.3) is 0 Å². The molecular weight excluding hydrogens is 296 g/mol. The van der Waals surface area contributed by atoms with Gasteiger partial charge >= 0.3 is 0 Å². The van der Waals surface area contributed by atoms with E-state index in [0.29, 0.717) is 11.3 Å². The second kappa shape index (κ2) is 6.48. The van der Waals surface area contributed by atoms with Gasteiger partial charge in [0.25, 0.3) is 11.6 Å². The molecule has 0 aliphatic rings. The number of hydrogen-bond donors (Lipinski definition) is 2. The second-order valence-electron chi connectivity index (χ2n) is 5.64. The summed E-state index contributed by atoms with van der Waals surface area (Å²) >= 11 is 0. The number of carbonyl (C=O) groups excluding carboxylic acids is 1. The van der Waals surface area contributed by atoms with Gasteiger partial charge in [0.15, 0.2) is 0 Å². The summed E-state index contributed by atoms with van der Waals surface area (Å²) < 4.78 is 0. The summed E-state index contributed by atoms with van der Waals surface area (Å²) in [5, 5.41) is 23.5. The van der Waals surface area contributed by atoms with Gasteiger partial charge in [-0.25, -0.2) is 0 Å². The van der Waals surface area contributed by atoms with Crippen molar-refractivity contribution in [1.82, 2.24) is 0 Å². The Kier molecular flexibility index (Phi) is 4.64. The normalized spacial score (nSPS) is 10.6. The van der Waals surface area contributed by atoms with Crippen molar-refractivity contribution in [3.63, 3.8) is 0 Å². The van der Waals surface area contributed by atoms with Gasteiger partial charge in [-0.2, -0.15) is 0 Å². The Morgan fingerprint density at radius 2 is 1.96 bits per heavy atom. The van der Waals surface area contributed by atoms with E-state index in [4.69, 9.17) is 0 Å².